The van der Waals surface area contributed by atoms with Crippen LogP contribution in [0.4, 0.5) is 0 Å². The van der Waals surface area contributed by atoms with E-state index in [1.165, 1.54) is 27.8 Å². The maximum Gasteiger partial charge on any atom is 0.244 e. The molecule has 0 N–H and O–H groups in total. The molecular weight excluding hydrogens is 392 g/mol. The molecule has 0 spiro atoms. The molecule has 2 aromatic rings. The van der Waals surface area contributed by atoms with E-state index in [2.05, 4.69) is 11.9 Å². The zero-order valence-electron chi connectivity index (χ0n) is 16.3. The summed E-state index contributed by atoms with van der Waals surface area (Å²) in [5.41, 5.74) is 1.88. The Morgan fingerprint density at radius 3 is 2.36 bits per heavy atom. The van der Waals surface area contributed by atoms with E-state index in [9.17, 15) is 13.2 Å². The van der Waals surface area contributed by atoms with Gasteiger partial charge in [0.2, 0.25) is 10.0 Å². The SMILES string of the molecule is CCc1ccc(C(=O)[C@@H](C)Sc2ccc(S(=O)(=O)N3CCCCC3)cn2)cc1. The number of aryl methyl sites for hydroxylation is 1. The summed E-state index contributed by atoms with van der Waals surface area (Å²) in [7, 11) is -3.48. The zero-order chi connectivity index (χ0) is 20.1. The smallest absolute Gasteiger partial charge is 0.244 e. The van der Waals surface area contributed by atoms with Crippen molar-refractivity contribution in [2.24, 2.45) is 0 Å². The monoisotopic (exact) mass is 418 g/mol. The number of carbonyl (C=O) groups excluding carboxylic acids is 1. The highest BCUT2D eigenvalue weighted by molar-refractivity contribution is 8.00. The second-order valence-electron chi connectivity index (χ2n) is 6.97. The number of carbonyl (C=O) groups is 1. The van der Waals surface area contributed by atoms with Gasteiger partial charge in [-0.3, -0.25) is 4.79 Å². The zero-order valence-corrected chi connectivity index (χ0v) is 17.9. The fourth-order valence-electron chi connectivity index (χ4n) is 3.22. The van der Waals surface area contributed by atoms with E-state index in [1.54, 1.807) is 12.1 Å². The lowest BCUT2D eigenvalue weighted by atomic mass is 10.1. The topological polar surface area (TPSA) is 67.3 Å². The van der Waals surface area contributed by atoms with Gasteiger partial charge in [-0.25, -0.2) is 13.4 Å². The summed E-state index contributed by atoms with van der Waals surface area (Å²) in [6, 6.07) is 10.9. The Labute approximate surface area is 171 Å². The number of ketones is 1. The third-order valence-electron chi connectivity index (χ3n) is 4.98. The predicted octanol–water partition coefficient (Wildman–Crippen LogP) is 4.18. The molecule has 0 amide bonds. The van der Waals surface area contributed by atoms with Crippen LogP contribution < -0.4 is 0 Å². The molecule has 0 radical (unpaired) electrons. The summed E-state index contributed by atoms with van der Waals surface area (Å²) < 4.78 is 26.9. The maximum absolute atomic E-state index is 12.7. The van der Waals surface area contributed by atoms with Crippen molar-refractivity contribution in [3.05, 3.63) is 53.7 Å². The van der Waals surface area contributed by atoms with E-state index in [0.29, 0.717) is 23.7 Å². The van der Waals surface area contributed by atoms with Gasteiger partial charge in [-0.2, -0.15) is 4.31 Å². The van der Waals surface area contributed by atoms with Crippen molar-refractivity contribution < 1.29 is 13.2 Å². The number of thioether (sulfide) groups is 1. The Hall–Kier alpha value is -1.70. The average molecular weight is 419 g/mol. The van der Waals surface area contributed by atoms with Gasteiger partial charge in [0.1, 0.15) is 4.90 Å². The number of rotatable bonds is 7. The molecule has 5 nitrogen and oxygen atoms in total. The number of piperidine rings is 1. The Morgan fingerprint density at radius 1 is 1.11 bits per heavy atom. The molecular formula is C21H26N2O3S2. The van der Waals surface area contributed by atoms with Crippen molar-refractivity contribution in [3.8, 4) is 0 Å². The highest BCUT2D eigenvalue weighted by atomic mass is 32.2. The van der Waals surface area contributed by atoms with Crippen molar-refractivity contribution >= 4 is 27.6 Å². The Balaban J connectivity index is 1.66. The number of hydrogen-bond donors (Lipinski definition) is 0. The van der Waals surface area contributed by atoms with Gasteiger partial charge in [-0.15, -0.1) is 0 Å². The summed E-state index contributed by atoms with van der Waals surface area (Å²) in [5.74, 6) is 0.0412. The molecule has 28 heavy (non-hydrogen) atoms. The van der Waals surface area contributed by atoms with E-state index < -0.39 is 10.0 Å². The normalized spacial score (nSPS) is 16.6. The molecule has 2 heterocycles. The fraction of sp³-hybridized carbons (Fsp3) is 0.429. The summed E-state index contributed by atoms with van der Waals surface area (Å²) in [4.78, 5) is 17.1. The van der Waals surface area contributed by atoms with Crippen LogP contribution in [-0.4, -0.2) is 41.8 Å². The van der Waals surface area contributed by atoms with E-state index in [4.69, 9.17) is 0 Å². The third-order valence-corrected chi connectivity index (χ3v) is 7.91. The predicted molar refractivity (Wildman–Crippen MR) is 112 cm³/mol. The molecule has 150 valence electrons. The van der Waals surface area contributed by atoms with Gasteiger partial charge in [0.05, 0.1) is 10.3 Å². The first-order chi connectivity index (χ1) is 13.4. The van der Waals surface area contributed by atoms with Crippen molar-refractivity contribution in [2.75, 3.05) is 13.1 Å². The molecule has 3 rings (SSSR count). The molecule has 1 fully saturated rings. The molecule has 1 aromatic heterocycles. The van der Waals surface area contributed by atoms with Crippen LogP contribution in [0.25, 0.3) is 0 Å². The van der Waals surface area contributed by atoms with Crippen LogP contribution in [0.1, 0.15) is 49.0 Å². The third kappa shape index (κ3) is 4.82. The molecule has 0 saturated carbocycles. The first-order valence-electron chi connectivity index (χ1n) is 9.68. The summed E-state index contributed by atoms with van der Waals surface area (Å²) in [5, 5.41) is 0.341. The molecule has 1 aliphatic heterocycles. The van der Waals surface area contributed by atoms with Crippen LogP contribution in [0, 0.1) is 0 Å². The number of Topliss-reactive ketones (excluding diaryl/α,β-unsaturated/α-hetero) is 1. The van der Waals surface area contributed by atoms with Crippen LogP contribution in [-0.2, 0) is 16.4 Å². The number of nitrogens with zero attached hydrogens (tertiary/aromatic N) is 2. The van der Waals surface area contributed by atoms with Crippen molar-refractivity contribution in [2.45, 2.75) is 54.7 Å². The minimum Gasteiger partial charge on any atom is -0.293 e. The Kier molecular flexibility index (Phi) is 6.91. The average Bonchev–Trinajstić information content (AvgIpc) is 2.74. The van der Waals surface area contributed by atoms with E-state index in [1.807, 2.05) is 31.2 Å². The minimum atomic E-state index is -3.48. The van der Waals surface area contributed by atoms with Gasteiger partial charge in [-0.1, -0.05) is 49.4 Å². The van der Waals surface area contributed by atoms with Crippen molar-refractivity contribution in [3.63, 3.8) is 0 Å². The van der Waals surface area contributed by atoms with Crippen LogP contribution in [0.3, 0.4) is 0 Å². The number of pyridine rings is 1. The van der Waals surface area contributed by atoms with Crippen LogP contribution in [0.5, 0.6) is 0 Å². The number of sulfonamides is 1. The minimum absolute atomic E-state index is 0.0412. The maximum atomic E-state index is 12.7. The number of benzene rings is 1. The fourth-order valence-corrected chi connectivity index (χ4v) is 5.55. The van der Waals surface area contributed by atoms with Gasteiger partial charge in [0.15, 0.2) is 5.78 Å². The number of hydrogen-bond acceptors (Lipinski definition) is 5. The molecule has 7 heteroatoms. The molecule has 0 unspecified atom stereocenters. The second kappa shape index (κ2) is 9.20. The van der Waals surface area contributed by atoms with Gasteiger partial charge in [0, 0.05) is 24.8 Å². The lowest BCUT2D eigenvalue weighted by Gasteiger charge is -2.25. The highest BCUT2D eigenvalue weighted by Gasteiger charge is 2.26. The summed E-state index contributed by atoms with van der Waals surface area (Å²) in [6.45, 7) is 5.07. The first-order valence-corrected chi connectivity index (χ1v) is 12.0. The van der Waals surface area contributed by atoms with Crippen LogP contribution in [0.2, 0.25) is 0 Å². The van der Waals surface area contributed by atoms with Gasteiger partial charge < -0.3 is 0 Å². The van der Waals surface area contributed by atoms with Crippen molar-refractivity contribution in [1.29, 1.82) is 0 Å². The lowest BCUT2D eigenvalue weighted by Crippen LogP contribution is -2.35. The van der Waals surface area contributed by atoms with E-state index in [-0.39, 0.29) is 15.9 Å². The van der Waals surface area contributed by atoms with Crippen molar-refractivity contribution in [1.82, 2.24) is 9.29 Å². The summed E-state index contributed by atoms with van der Waals surface area (Å²) in [6.07, 6.45) is 5.22. The quantitative estimate of drug-likeness (QED) is 0.498. The summed E-state index contributed by atoms with van der Waals surface area (Å²) >= 11 is 1.34. The van der Waals surface area contributed by atoms with Gasteiger partial charge in [0.25, 0.3) is 0 Å². The lowest BCUT2D eigenvalue weighted by molar-refractivity contribution is 0.0994. The molecule has 1 aliphatic rings. The highest BCUT2D eigenvalue weighted by Crippen LogP contribution is 2.26. The standard InChI is InChI=1S/C21H26N2O3S2/c1-3-17-7-9-18(10-8-17)21(24)16(2)27-20-12-11-19(15-22-20)28(25,26)23-13-5-4-6-14-23/h7-12,15-16H,3-6,13-14H2,1-2H3/t16-/m1/s1. The van der Waals surface area contributed by atoms with Crippen LogP contribution >= 0.6 is 11.8 Å². The second-order valence-corrected chi connectivity index (χ2v) is 10.3. The Bertz CT molecular complexity index is 904. The number of aromatic nitrogens is 1. The molecule has 1 saturated heterocycles. The molecule has 1 atom stereocenters. The molecule has 0 bridgehead atoms. The molecule has 1 aromatic carbocycles. The first kappa shape index (κ1) is 21.0. The van der Waals surface area contributed by atoms with Crippen LogP contribution in [0.15, 0.2) is 52.5 Å². The molecule has 0 aliphatic carbocycles. The van der Waals surface area contributed by atoms with E-state index >= 15 is 0 Å². The van der Waals surface area contributed by atoms with E-state index in [0.717, 1.165) is 25.7 Å². The Morgan fingerprint density at radius 2 is 1.79 bits per heavy atom. The largest absolute Gasteiger partial charge is 0.293 e. The van der Waals surface area contributed by atoms with Gasteiger partial charge in [-0.05, 0) is 43.9 Å². The van der Waals surface area contributed by atoms with Gasteiger partial charge >= 0.3 is 0 Å².